The van der Waals surface area contributed by atoms with E-state index in [1.807, 2.05) is 72.8 Å². The van der Waals surface area contributed by atoms with E-state index in [1.165, 1.54) is 0 Å². The van der Waals surface area contributed by atoms with Crippen molar-refractivity contribution in [3.63, 3.8) is 0 Å². The Balaban J connectivity index is 1.90. The van der Waals surface area contributed by atoms with Crippen LogP contribution in [0.5, 0.6) is 0 Å². The summed E-state index contributed by atoms with van der Waals surface area (Å²) < 4.78 is 0.903. The van der Waals surface area contributed by atoms with Crippen molar-refractivity contribution in [2.75, 3.05) is 0 Å². The molecule has 0 radical (unpaired) electrons. The zero-order valence-electron chi connectivity index (χ0n) is 15.0. The van der Waals surface area contributed by atoms with Crippen molar-refractivity contribution in [1.82, 2.24) is 4.90 Å². The molecule has 0 N–H and O–H groups in total. The number of hydrogen-bond acceptors (Lipinski definition) is 2. The third-order valence-electron chi connectivity index (χ3n) is 5.03. The molecule has 28 heavy (non-hydrogen) atoms. The van der Waals surface area contributed by atoms with E-state index in [0.717, 1.165) is 21.2 Å². The smallest absolute Gasteiger partial charge is 0.259 e. The van der Waals surface area contributed by atoms with Crippen molar-refractivity contribution >= 4 is 27.9 Å². The van der Waals surface area contributed by atoms with Gasteiger partial charge in [-0.15, -0.1) is 0 Å². The first-order valence-corrected chi connectivity index (χ1v) is 9.76. The van der Waals surface area contributed by atoms with Crippen LogP contribution in [0.15, 0.2) is 89.5 Å². The Morgan fingerprint density at radius 2 is 1.64 bits per heavy atom. The van der Waals surface area contributed by atoms with Crippen LogP contribution in [0, 0.1) is 11.3 Å². The van der Waals surface area contributed by atoms with Crippen molar-refractivity contribution in [2.45, 2.75) is 12.0 Å². The Bertz CT molecular complexity index is 1090. The summed E-state index contributed by atoms with van der Waals surface area (Å²) in [6.07, 6.45) is 4.02. The van der Waals surface area contributed by atoms with Crippen LogP contribution in [0.3, 0.4) is 0 Å². The molecule has 3 aromatic rings. The first-order chi connectivity index (χ1) is 13.7. The molecule has 4 rings (SSSR count). The minimum atomic E-state index is -1.14. The van der Waals surface area contributed by atoms with Crippen LogP contribution in [0.25, 0.3) is 6.08 Å². The number of hydrogen-bond donors (Lipinski definition) is 0. The Morgan fingerprint density at radius 1 is 0.964 bits per heavy atom. The summed E-state index contributed by atoms with van der Waals surface area (Å²) in [5.74, 6) is -0.194. The number of rotatable bonds is 3. The normalized spacial score (nSPS) is 17.6. The molecule has 1 aliphatic heterocycles. The summed E-state index contributed by atoms with van der Waals surface area (Å²) in [6.45, 7) is 0. The van der Waals surface area contributed by atoms with Crippen LogP contribution < -0.4 is 0 Å². The lowest BCUT2D eigenvalue weighted by Crippen LogP contribution is -2.49. The van der Waals surface area contributed by atoms with Gasteiger partial charge in [0.05, 0.1) is 6.07 Å². The number of amides is 1. The van der Waals surface area contributed by atoms with E-state index in [0.29, 0.717) is 12.0 Å². The van der Waals surface area contributed by atoms with E-state index in [1.54, 1.807) is 23.2 Å². The lowest BCUT2D eigenvalue weighted by atomic mass is 9.79. The molecule has 0 spiro atoms. The fraction of sp³-hybridized carbons (Fsp3) is 0.0833. The number of benzene rings is 3. The predicted octanol–water partition coefficient (Wildman–Crippen LogP) is 5.54. The van der Waals surface area contributed by atoms with Crippen LogP contribution in [-0.4, -0.2) is 10.8 Å². The number of nitrogens with zero attached hydrogens (tertiary/aromatic N) is 2. The molecule has 1 unspecified atom stereocenters. The van der Waals surface area contributed by atoms with Gasteiger partial charge in [-0.05, 0) is 35.4 Å². The molecule has 0 saturated heterocycles. The van der Waals surface area contributed by atoms with Gasteiger partial charge in [0.1, 0.15) is 0 Å². The number of fused-ring (bicyclic) bond motifs is 1. The highest BCUT2D eigenvalue weighted by atomic mass is 79.9. The predicted molar refractivity (Wildman–Crippen MR) is 113 cm³/mol. The lowest BCUT2D eigenvalue weighted by Gasteiger charge is -2.41. The second kappa shape index (κ2) is 7.46. The minimum absolute atomic E-state index is 0.194. The number of carbonyl (C=O) groups excluding carboxylic acids is 1. The van der Waals surface area contributed by atoms with Crippen LogP contribution >= 0.6 is 15.9 Å². The second-order valence-electron chi connectivity index (χ2n) is 6.69. The van der Waals surface area contributed by atoms with Gasteiger partial charge in [0.15, 0.2) is 5.54 Å². The molecule has 4 heteroatoms. The molecule has 3 nitrogen and oxygen atoms in total. The number of halogens is 1. The summed E-state index contributed by atoms with van der Waals surface area (Å²) in [4.78, 5) is 14.9. The average molecular weight is 429 g/mol. The van der Waals surface area contributed by atoms with Crippen molar-refractivity contribution in [2.24, 2.45) is 0 Å². The van der Waals surface area contributed by atoms with Gasteiger partial charge in [0.2, 0.25) is 0 Å². The molecule has 0 aliphatic carbocycles. The van der Waals surface area contributed by atoms with Crippen molar-refractivity contribution in [1.29, 1.82) is 5.26 Å². The van der Waals surface area contributed by atoms with Crippen molar-refractivity contribution in [3.8, 4) is 6.07 Å². The molecule has 0 saturated carbocycles. The molecule has 0 bridgehead atoms. The van der Waals surface area contributed by atoms with E-state index in [2.05, 4.69) is 22.0 Å². The Morgan fingerprint density at radius 3 is 2.32 bits per heavy atom. The van der Waals surface area contributed by atoms with E-state index in [4.69, 9.17) is 0 Å². The zero-order valence-corrected chi connectivity index (χ0v) is 16.6. The molecule has 0 fully saturated rings. The maximum absolute atomic E-state index is 13.4. The fourth-order valence-electron chi connectivity index (χ4n) is 3.66. The standard InChI is InChI=1S/C24H17BrN2O/c25-22-13-7-12-21-20(22)14-15-27(23(28)19-10-5-2-6-11-19)24(21,17-26)16-18-8-3-1-4-9-18/h1-15H,16H2. The van der Waals surface area contributed by atoms with Gasteiger partial charge in [0.25, 0.3) is 5.91 Å². The number of carbonyl (C=O) groups is 1. The molecular formula is C24H17BrN2O. The first kappa shape index (κ1) is 18.2. The van der Waals surface area contributed by atoms with E-state index < -0.39 is 5.54 Å². The Labute approximate surface area is 172 Å². The molecule has 1 atom stereocenters. The lowest BCUT2D eigenvalue weighted by molar-refractivity contribution is 0.0697. The van der Waals surface area contributed by atoms with E-state index in [-0.39, 0.29) is 5.91 Å². The van der Waals surface area contributed by atoms with E-state index >= 15 is 0 Å². The van der Waals surface area contributed by atoms with Crippen LogP contribution in [-0.2, 0) is 12.0 Å². The molecule has 3 aromatic carbocycles. The number of nitriles is 1. The molecular weight excluding hydrogens is 412 g/mol. The van der Waals surface area contributed by atoms with Crippen LogP contribution in [0.1, 0.15) is 27.0 Å². The molecule has 0 aromatic heterocycles. The Hall–Kier alpha value is -3.16. The maximum atomic E-state index is 13.4. The topological polar surface area (TPSA) is 44.1 Å². The highest BCUT2D eigenvalue weighted by Crippen LogP contribution is 2.41. The summed E-state index contributed by atoms with van der Waals surface area (Å²) in [5, 5.41) is 10.4. The zero-order chi connectivity index (χ0) is 19.6. The summed E-state index contributed by atoms with van der Waals surface area (Å²) in [7, 11) is 0. The third-order valence-corrected chi connectivity index (χ3v) is 5.72. The SMILES string of the molecule is N#CC1(Cc2ccccc2)c2cccc(Br)c2C=CN1C(=O)c1ccccc1. The van der Waals surface area contributed by atoms with Crippen molar-refractivity contribution < 1.29 is 4.79 Å². The summed E-state index contributed by atoms with van der Waals surface area (Å²) >= 11 is 3.59. The van der Waals surface area contributed by atoms with Gasteiger partial charge in [0, 0.05) is 28.2 Å². The van der Waals surface area contributed by atoms with E-state index in [9.17, 15) is 10.1 Å². The van der Waals surface area contributed by atoms with Gasteiger partial charge >= 0.3 is 0 Å². The van der Waals surface area contributed by atoms with Gasteiger partial charge in [-0.1, -0.05) is 76.6 Å². The van der Waals surface area contributed by atoms with Crippen LogP contribution in [0.4, 0.5) is 0 Å². The summed E-state index contributed by atoms with van der Waals surface area (Å²) in [6, 6.07) is 27.2. The second-order valence-corrected chi connectivity index (χ2v) is 7.55. The highest BCUT2D eigenvalue weighted by molar-refractivity contribution is 9.10. The summed E-state index contributed by atoms with van der Waals surface area (Å²) in [5.41, 5.74) is 2.16. The van der Waals surface area contributed by atoms with Crippen LogP contribution in [0.2, 0.25) is 0 Å². The third kappa shape index (κ3) is 3.04. The Kier molecular flexibility index (Phi) is 4.85. The molecule has 1 amide bonds. The maximum Gasteiger partial charge on any atom is 0.259 e. The van der Waals surface area contributed by atoms with Gasteiger partial charge in [-0.25, -0.2) is 0 Å². The first-order valence-electron chi connectivity index (χ1n) is 8.97. The molecule has 1 aliphatic rings. The van der Waals surface area contributed by atoms with Gasteiger partial charge in [-0.2, -0.15) is 5.26 Å². The highest BCUT2D eigenvalue weighted by Gasteiger charge is 2.44. The minimum Gasteiger partial charge on any atom is -0.291 e. The van der Waals surface area contributed by atoms with Crippen molar-refractivity contribution in [3.05, 3.63) is 112 Å². The average Bonchev–Trinajstić information content (AvgIpc) is 2.75. The largest absolute Gasteiger partial charge is 0.291 e. The monoisotopic (exact) mass is 428 g/mol. The fourth-order valence-corrected chi connectivity index (χ4v) is 4.16. The molecule has 136 valence electrons. The molecule has 1 heterocycles. The van der Waals surface area contributed by atoms with Gasteiger partial charge in [-0.3, -0.25) is 9.69 Å². The quantitative estimate of drug-likeness (QED) is 0.549. The van der Waals surface area contributed by atoms with Gasteiger partial charge < -0.3 is 0 Å².